The number of amides is 1. The van der Waals surface area contributed by atoms with E-state index < -0.39 is 6.10 Å². The second-order valence-electron chi connectivity index (χ2n) is 3.27. The molecule has 4 N–H and O–H groups in total. The number of nitrogens with one attached hydrogen (secondary N) is 1. The average Bonchev–Trinajstić information content (AvgIpc) is 2.27. The van der Waals surface area contributed by atoms with Crippen LogP contribution in [-0.4, -0.2) is 24.1 Å². The number of rotatable bonds is 5. The Bertz CT molecular complexity index is 306. The SMILES string of the molecule is Cl.NCCC(=O)NCC(O)c1ccccc1. The minimum absolute atomic E-state index is 0. The Morgan fingerprint density at radius 3 is 2.56 bits per heavy atom. The van der Waals surface area contributed by atoms with Gasteiger partial charge in [0.25, 0.3) is 0 Å². The van der Waals surface area contributed by atoms with Crippen molar-refractivity contribution in [2.75, 3.05) is 13.1 Å². The van der Waals surface area contributed by atoms with Gasteiger partial charge in [0, 0.05) is 19.5 Å². The van der Waals surface area contributed by atoms with Gasteiger partial charge in [-0.05, 0) is 5.56 Å². The van der Waals surface area contributed by atoms with E-state index in [1.165, 1.54) is 0 Å². The van der Waals surface area contributed by atoms with Crippen molar-refractivity contribution >= 4 is 18.3 Å². The summed E-state index contributed by atoms with van der Waals surface area (Å²) in [7, 11) is 0. The molecule has 1 atom stereocenters. The van der Waals surface area contributed by atoms with E-state index in [0.717, 1.165) is 5.56 Å². The summed E-state index contributed by atoms with van der Waals surface area (Å²) < 4.78 is 0. The minimum atomic E-state index is -0.659. The van der Waals surface area contributed by atoms with Gasteiger partial charge in [-0.15, -0.1) is 12.4 Å². The molecule has 0 aliphatic rings. The van der Waals surface area contributed by atoms with Crippen molar-refractivity contribution in [1.82, 2.24) is 5.32 Å². The van der Waals surface area contributed by atoms with E-state index in [1.54, 1.807) is 0 Å². The first kappa shape index (κ1) is 14.9. The minimum Gasteiger partial charge on any atom is -0.387 e. The second kappa shape index (κ2) is 8.10. The molecule has 0 heterocycles. The van der Waals surface area contributed by atoms with E-state index in [9.17, 15) is 9.90 Å². The van der Waals surface area contributed by atoms with Crippen molar-refractivity contribution in [3.8, 4) is 0 Å². The number of benzene rings is 1. The number of aliphatic hydroxyl groups is 1. The highest BCUT2D eigenvalue weighted by Gasteiger charge is 2.07. The molecule has 4 nitrogen and oxygen atoms in total. The fourth-order valence-electron chi connectivity index (χ4n) is 1.22. The Morgan fingerprint density at radius 1 is 1.38 bits per heavy atom. The molecule has 1 rings (SSSR count). The second-order valence-corrected chi connectivity index (χ2v) is 3.27. The number of hydrogen-bond donors (Lipinski definition) is 3. The maximum Gasteiger partial charge on any atom is 0.221 e. The molecule has 0 aliphatic heterocycles. The number of nitrogens with two attached hydrogens (primary N) is 1. The first-order chi connectivity index (χ1) is 7.24. The van der Waals surface area contributed by atoms with Crippen LogP contribution in [0, 0.1) is 0 Å². The van der Waals surface area contributed by atoms with Crippen molar-refractivity contribution in [1.29, 1.82) is 0 Å². The van der Waals surface area contributed by atoms with E-state index in [2.05, 4.69) is 5.32 Å². The maximum atomic E-state index is 11.1. The molecule has 0 spiro atoms. The summed E-state index contributed by atoms with van der Waals surface area (Å²) in [5, 5.41) is 12.3. The fraction of sp³-hybridized carbons (Fsp3) is 0.364. The summed E-state index contributed by atoms with van der Waals surface area (Å²) in [4.78, 5) is 11.1. The van der Waals surface area contributed by atoms with Crippen LogP contribution in [0.4, 0.5) is 0 Å². The summed E-state index contributed by atoms with van der Waals surface area (Å²) in [6, 6.07) is 9.21. The molecule has 1 amide bonds. The fourth-order valence-corrected chi connectivity index (χ4v) is 1.22. The molecule has 16 heavy (non-hydrogen) atoms. The highest BCUT2D eigenvalue weighted by atomic mass is 35.5. The molecule has 1 aromatic rings. The molecule has 0 saturated heterocycles. The van der Waals surface area contributed by atoms with E-state index in [4.69, 9.17) is 5.73 Å². The molecule has 1 unspecified atom stereocenters. The van der Waals surface area contributed by atoms with E-state index >= 15 is 0 Å². The third-order valence-corrected chi connectivity index (χ3v) is 2.05. The molecule has 0 bridgehead atoms. The zero-order valence-electron chi connectivity index (χ0n) is 8.93. The standard InChI is InChI=1S/C11H16N2O2.ClH/c12-7-6-11(15)13-8-10(14)9-4-2-1-3-5-9;/h1-5,10,14H,6-8,12H2,(H,13,15);1H. The Balaban J connectivity index is 0.00000225. The zero-order valence-corrected chi connectivity index (χ0v) is 9.74. The lowest BCUT2D eigenvalue weighted by atomic mass is 10.1. The van der Waals surface area contributed by atoms with Crippen LogP contribution in [0.3, 0.4) is 0 Å². The molecule has 5 heteroatoms. The first-order valence-electron chi connectivity index (χ1n) is 4.94. The Morgan fingerprint density at radius 2 is 2.00 bits per heavy atom. The van der Waals surface area contributed by atoms with Gasteiger partial charge in [0.05, 0.1) is 6.10 Å². The topological polar surface area (TPSA) is 75.4 Å². The lowest BCUT2D eigenvalue weighted by molar-refractivity contribution is -0.121. The number of halogens is 1. The van der Waals surface area contributed by atoms with Crippen LogP contribution < -0.4 is 11.1 Å². The van der Waals surface area contributed by atoms with Crippen LogP contribution in [0.2, 0.25) is 0 Å². The molecule has 0 saturated carbocycles. The molecular weight excluding hydrogens is 228 g/mol. The summed E-state index contributed by atoms with van der Waals surface area (Å²) in [5.41, 5.74) is 6.02. The van der Waals surface area contributed by atoms with Gasteiger partial charge in [-0.1, -0.05) is 30.3 Å². The van der Waals surface area contributed by atoms with Gasteiger partial charge in [-0.3, -0.25) is 4.79 Å². The normalized spacial score (nSPS) is 11.4. The Kier molecular flexibility index (Phi) is 7.54. The van der Waals surface area contributed by atoms with Crippen molar-refractivity contribution in [2.24, 2.45) is 5.73 Å². The van der Waals surface area contributed by atoms with Crippen LogP contribution in [0.5, 0.6) is 0 Å². The van der Waals surface area contributed by atoms with Gasteiger partial charge in [-0.25, -0.2) is 0 Å². The quantitative estimate of drug-likeness (QED) is 0.710. The third-order valence-electron chi connectivity index (χ3n) is 2.05. The van der Waals surface area contributed by atoms with Gasteiger partial charge in [0.2, 0.25) is 5.91 Å². The van der Waals surface area contributed by atoms with Crippen LogP contribution in [-0.2, 0) is 4.79 Å². The Hall–Kier alpha value is -1.10. The third kappa shape index (κ3) is 5.11. The largest absolute Gasteiger partial charge is 0.387 e. The highest BCUT2D eigenvalue weighted by molar-refractivity contribution is 5.85. The monoisotopic (exact) mass is 244 g/mol. The van der Waals surface area contributed by atoms with Gasteiger partial charge >= 0.3 is 0 Å². The van der Waals surface area contributed by atoms with Gasteiger partial charge in [-0.2, -0.15) is 0 Å². The Labute approximate surface area is 101 Å². The van der Waals surface area contributed by atoms with Gasteiger partial charge < -0.3 is 16.2 Å². The molecule has 0 radical (unpaired) electrons. The maximum absolute atomic E-state index is 11.1. The molecular formula is C11H17ClN2O2. The van der Waals surface area contributed by atoms with Crippen LogP contribution in [0.25, 0.3) is 0 Å². The lowest BCUT2D eigenvalue weighted by Crippen LogP contribution is -2.29. The number of carbonyl (C=O) groups excluding carboxylic acids is 1. The van der Waals surface area contributed by atoms with Crippen molar-refractivity contribution in [3.63, 3.8) is 0 Å². The summed E-state index contributed by atoms with van der Waals surface area (Å²) >= 11 is 0. The van der Waals surface area contributed by atoms with E-state index in [0.29, 0.717) is 13.0 Å². The molecule has 0 aliphatic carbocycles. The van der Waals surface area contributed by atoms with Crippen LogP contribution in [0.1, 0.15) is 18.1 Å². The van der Waals surface area contributed by atoms with Gasteiger partial charge in [0.1, 0.15) is 0 Å². The summed E-state index contributed by atoms with van der Waals surface area (Å²) in [6.07, 6.45) is -0.366. The zero-order chi connectivity index (χ0) is 11.1. The smallest absolute Gasteiger partial charge is 0.221 e. The number of aliphatic hydroxyl groups excluding tert-OH is 1. The van der Waals surface area contributed by atoms with E-state index in [-0.39, 0.29) is 24.9 Å². The van der Waals surface area contributed by atoms with Crippen molar-refractivity contribution < 1.29 is 9.90 Å². The van der Waals surface area contributed by atoms with Crippen molar-refractivity contribution in [3.05, 3.63) is 35.9 Å². The number of hydrogen-bond acceptors (Lipinski definition) is 3. The van der Waals surface area contributed by atoms with E-state index in [1.807, 2.05) is 30.3 Å². The average molecular weight is 245 g/mol. The number of carbonyl (C=O) groups is 1. The molecule has 90 valence electrons. The molecule has 0 aromatic heterocycles. The highest BCUT2D eigenvalue weighted by Crippen LogP contribution is 2.10. The predicted molar refractivity (Wildman–Crippen MR) is 65.3 cm³/mol. The van der Waals surface area contributed by atoms with Crippen LogP contribution >= 0.6 is 12.4 Å². The summed E-state index contributed by atoms with van der Waals surface area (Å²) in [5.74, 6) is -0.132. The lowest BCUT2D eigenvalue weighted by Gasteiger charge is -2.11. The van der Waals surface area contributed by atoms with Crippen LogP contribution in [0.15, 0.2) is 30.3 Å². The predicted octanol–water partition coefficient (Wildman–Crippen LogP) is 0.607. The van der Waals surface area contributed by atoms with Crippen molar-refractivity contribution in [2.45, 2.75) is 12.5 Å². The molecule has 1 aromatic carbocycles. The first-order valence-corrected chi connectivity index (χ1v) is 4.94. The van der Waals surface area contributed by atoms with Gasteiger partial charge in [0.15, 0.2) is 0 Å². The molecule has 0 fully saturated rings. The summed E-state index contributed by atoms with van der Waals surface area (Å²) in [6.45, 7) is 0.552.